The van der Waals surface area contributed by atoms with Crippen LogP contribution >= 0.6 is 0 Å². The molecule has 0 bridgehead atoms. The molecule has 0 aromatic heterocycles. The van der Waals surface area contributed by atoms with E-state index >= 15 is 0 Å². The number of hydrogen-bond donors (Lipinski definition) is 0. The van der Waals surface area contributed by atoms with Crippen LogP contribution in [0.25, 0.3) is 0 Å². The maximum atomic E-state index is 10.9. The molecule has 0 N–H and O–H groups in total. The van der Waals surface area contributed by atoms with E-state index in [0.29, 0.717) is 0 Å². The number of carbonyl (C=O) groups excluding carboxylic acids is 2. The van der Waals surface area contributed by atoms with Gasteiger partial charge in [-0.2, -0.15) is 0 Å². The van der Waals surface area contributed by atoms with Crippen molar-refractivity contribution in [3.05, 3.63) is 0 Å². The Labute approximate surface area is 90.1 Å². The molecule has 0 saturated heterocycles. The topological polar surface area (TPSA) is 66.7 Å². The van der Waals surface area contributed by atoms with Crippen LogP contribution in [0.4, 0.5) is 9.59 Å². The first-order valence-electron chi connectivity index (χ1n) is 4.97. The van der Waals surface area contributed by atoms with Crippen molar-refractivity contribution in [3.8, 4) is 0 Å². The quantitative estimate of drug-likeness (QED) is 0.722. The van der Waals surface area contributed by atoms with Gasteiger partial charge in [0.15, 0.2) is 0 Å². The van der Waals surface area contributed by atoms with Gasteiger partial charge in [-0.25, -0.2) is 9.59 Å². The summed E-state index contributed by atoms with van der Waals surface area (Å²) >= 11 is 0. The predicted octanol–water partition coefficient (Wildman–Crippen LogP) is 2.18. The summed E-state index contributed by atoms with van der Waals surface area (Å²) in [7, 11) is 0. The summed E-state index contributed by atoms with van der Waals surface area (Å²) in [6.45, 7) is 8.07. The number of rotatable bonds is 4. The van der Waals surface area contributed by atoms with Crippen LogP contribution in [0.5, 0.6) is 0 Å². The Kier molecular flexibility index (Phi) is 6.49. The molecule has 0 aromatic carbocycles. The standard InChI is InChI=1S/C10H18NO4/c1-7(2)5-14-9(12)11-10(13)15-6-8(3)4/h7-8H,5-6H2,1-4H3. The molecule has 0 aromatic rings. The van der Waals surface area contributed by atoms with Crippen molar-refractivity contribution >= 4 is 12.2 Å². The van der Waals surface area contributed by atoms with Gasteiger partial charge in [0.05, 0.1) is 13.2 Å². The molecule has 2 amide bonds. The summed E-state index contributed by atoms with van der Waals surface area (Å²) in [5.74, 6) is 0.437. The van der Waals surface area contributed by atoms with Gasteiger partial charge in [-0.05, 0) is 11.8 Å². The first kappa shape index (κ1) is 13.7. The van der Waals surface area contributed by atoms with E-state index in [2.05, 4.69) is 14.8 Å². The summed E-state index contributed by atoms with van der Waals surface area (Å²) in [5.41, 5.74) is 0. The Hall–Kier alpha value is -1.26. The second-order valence-electron chi connectivity index (χ2n) is 4.05. The average Bonchev–Trinajstić information content (AvgIpc) is 2.11. The molecule has 0 heterocycles. The molecular weight excluding hydrogens is 198 g/mol. The molecule has 87 valence electrons. The van der Waals surface area contributed by atoms with Crippen LogP contribution in [-0.4, -0.2) is 25.4 Å². The Morgan fingerprint density at radius 2 is 1.27 bits per heavy atom. The maximum absolute atomic E-state index is 10.9. The van der Waals surface area contributed by atoms with Gasteiger partial charge in [0.1, 0.15) is 0 Å². The van der Waals surface area contributed by atoms with Crippen LogP contribution in [0.3, 0.4) is 0 Å². The lowest BCUT2D eigenvalue weighted by Crippen LogP contribution is -2.26. The van der Waals surface area contributed by atoms with Gasteiger partial charge < -0.3 is 9.47 Å². The minimum atomic E-state index is -0.891. The molecule has 0 atom stereocenters. The number of nitrogens with zero attached hydrogens (tertiary/aromatic N) is 1. The minimum absolute atomic E-state index is 0.218. The molecule has 0 unspecified atom stereocenters. The maximum Gasteiger partial charge on any atom is 0.439 e. The van der Waals surface area contributed by atoms with Crippen LogP contribution in [0.2, 0.25) is 0 Å². The van der Waals surface area contributed by atoms with E-state index in [1.54, 1.807) is 0 Å². The fraction of sp³-hybridized carbons (Fsp3) is 0.800. The van der Waals surface area contributed by atoms with Crippen LogP contribution in [0.15, 0.2) is 0 Å². The van der Waals surface area contributed by atoms with Crippen molar-refractivity contribution in [2.75, 3.05) is 13.2 Å². The Morgan fingerprint density at radius 1 is 0.933 bits per heavy atom. The zero-order valence-electron chi connectivity index (χ0n) is 9.65. The van der Waals surface area contributed by atoms with E-state index in [9.17, 15) is 9.59 Å². The highest BCUT2D eigenvalue weighted by Crippen LogP contribution is 1.95. The summed E-state index contributed by atoms with van der Waals surface area (Å²) < 4.78 is 9.35. The Bertz CT molecular complexity index is 191. The van der Waals surface area contributed by atoms with Crippen molar-refractivity contribution in [2.24, 2.45) is 11.8 Å². The summed E-state index contributed by atoms with van der Waals surface area (Å²) in [6, 6.07) is 0. The van der Waals surface area contributed by atoms with Crippen LogP contribution in [0, 0.1) is 11.8 Å². The molecule has 0 aliphatic rings. The van der Waals surface area contributed by atoms with E-state index in [-0.39, 0.29) is 25.0 Å². The highest BCUT2D eigenvalue weighted by Gasteiger charge is 2.13. The lowest BCUT2D eigenvalue weighted by atomic mass is 10.2. The van der Waals surface area contributed by atoms with Crippen LogP contribution in [-0.2, 0) is 9.47 Å². The second-order valence-corrected chi connectivity index (χ2v) is 4.05. The van der Waals surface area contributed by atoms with Crippen LogP contribution in [0.1, 0.15) is 27.7 Å². The highest BCUT2D eigenvalue weighted by atomic mass is 16.6. The van der Waals surface area contributed by atoms with Gasteiger partial charge in [-0.3, -0.25) is 0 Å². The average molecular weight is 216 g/mol. The van der Waals surface area contributed by atoms with E-state index in [1.165, 1.54) is 0 Å². The number of imide groups is 1. The van der Waals surface area contributed by atoms with Crippen molar-refractivity contribution in [3.63, 3.8) is 0 Å². The fourth-order valence-electron chi connectivity index (χ4n) is 0.615. The molecule has 15 heavy (non-hydrogen) atoms. The monoisotopic (exact) mass is 216 g/mol. The van der Waals surface area contributed by atoms with Crippen molar-refractivity contribution in [1.29, 1.82) is 0 Å². The highest BCUT2D eigenvalue weighted by molar-refractivity contribution is 5.86. The molecule has 0 rings (SSSR count). The van der Waals surface area contributed by atoms with Gasteiger partial charge in [-0.1, -0.05) is 33.0 Å². The molecule has 5 heteroatoms. The normalized spacial score (nSPS) is 10.3. The molecular formula is C10H18NO4. The zero-order valence-corrected chi connectivity index (χ0v) is 9.65. The van der Waals surface area contributed by atoms with Gasteiger partial charge in [-0.15, -0.1) is 0 Å². The predicted molar refractivity (Wildman–Crippen MR) is 54.5 cm³/mol. The third kappa shape index (κ3) is 9.05. The lowest BCUT2D eigenvalue weighted by molar-refractivity contribution is 0.110. The molecule has 0 spiro atoms. The smallest absolute Gasteiger partial charge is 0.439 e. The molecule has 0 aliphatic carbocycles. The van der Waals surface area contributed by atoms with E-state index in [0.717, 1.165) is 0 Å². The van der Waals surface area contributed by atoms with Crippen molar-refractivity contribution in [1.82, 2.24) is 5.32 Å². The molecule has 1 radical (unpaired) electrons. The minimum Gasteiger partial charge on any atom is -0.448 e. The van der Waals surface area contributed by atoms with E-state index in [4.69, 9.17) is 0 Å². The third-order valence-electron chi connectivity index (χ3n) is 1.26. The largest absolute Gasteiger partial charge is 0.448 e. The van der Waals surface area contributed by atoms with Gasteiger partial charge in [0, 0.05) is 0 Å². The number of hydrogen-bond acceptors (Lipinski definition) is 4. The SMILES string of the molecule is CC(C)COC(=O)[N]C(=O)OCC(C)C. The first-order valence-corrected chi connectivity index (χ1v) is 4.97. The number of carbonyl (C=O) groups is 2. The summed E-state index contributed by atoms with van der Waals surface area (Å²) in [4.78, 5) is 21.8. The van der Waals surface area contributed by atoms with Crippen molar-refractivity contribution in [2.45, 2.75) is 27.7 Å². The number of ether oxygens (including phenoxy) is 2. The van der Waals surface area contributed by atoms with Gasteiger partial charge in [0.25, 0.3) is 0 Å². The molecule has 0 fully saturated rings. The van der Waals surface area contributed by atoms with Gasteiger partial charge in [0.2, 0.25) is 0 Å². The molecule has 5 nitrogen and oxygen atoms in total. The second kappa shape index (κ2) is 7.09. The van der Waals surface area contributed by atoms with Crippen LogP contribution < -0.4 is 5.32 Å². The summed E-state index contributed by atoms with van der Waals surface area (Å²) in [5, 5.41) is 3.10. The first-order chi connectivity index (χ1) is 6.91. The van der Waals surface area contributed by atoms with Gasteiger partial charge >= 0.3 is 12.2 Å². The Balaban J connectivity index is 3.63. The summed E-state index contributed by atoms with van der Waals surface area (Å²) in [6.07, 6.45) is -1.78. The number of amides is 2. The van der Waals surface area contributed by atoms with E-state index in [1.807, 2.05) is 27.7 Å². The lowest BCUT2D eigenvalue weighted by Gasteiger charge is -2.07. The zero-order chi connectivity index (χ0) is 11.8. The molecule has 0 aliphatic heterocycles. The third-order valence-corrected chi connectivity index (χ3v) is 1.26. The fourth-order valence-corrected chi connectivity index (χ4v) is 0.615. The van der Waals surface area contributed by atoms with Crippen molar-refractivity contribution < 1.29 is 19.1 Å². The Morgan fingerprint density at radius 3 is 1.53 bits per heavy atom. The molecule has 0 saturated carbocycles. The van der Waals surface area contributed by atoms with E-state index < -0.39 is 12.2 Å².